The van der Waals surface area contributed by atoms with Crippen molar-refractivity contribution >= 4 is 26.6 Å². The molecule has 0 N–H and O–H groups in total. The summed E-state index contributed by atoms with van der Waals surface area (Å²) in [5, 5.41) is 0.390. The van der Waals surface area contributed by atoms with E-state index in [1.54, 1.807) is 29.3 Å². The highest BCUT2D eigenvalue weighted by molar-refractivity contribution is 7.91. The Hall–Kier alpha value is -2.67. The Bertz CT molecular complexity index is 1070. The lowest BCUT2D eigenvalue weighted by atomic mass is 10.0. The molecule has 1 aromatic carbocycles. The molecule has 0 unspecified atom stereocenters. The summed E-state index contributed by atoms with van der Waals surface area (Å²) in [4.78, 5) is 18.5. The van der Waals surface area contributed by atoms with Crippen molar-refractivity contribution in [3.8, 4) is 0 Å². The van der Waals surface area contributed by atoms with E-state index in [1.807, 2.05) is 25.1 Å². The van der Waals surface area contributed by atoms with E-state index in [2.05, 4.69) is 4.98 Å². The topological polar surface area (TPSA) is 80.5 Å². The molecule has 0 bridgehead atoms. The van der Waals surface area contributed by atoms with Crippen LogP contribution in [0.25, 0.3) is 10.9 Å². The number of sulfone groups is 1. The van der Waals surface area contributed by atoms with Gasteiger partial charge in [-0.25, -0.2) is 8.42 Å². The van der Waals surface area contributed by atoms with Gasteiger partial charge in [-0.05, 0) is 48.9 Å². The second-order valence-electron chi connectivity index (χ2n) is 6.58. The summed E-state index contributed by atoms with van der Waals surface area (Å²) in [6, 6.07) is 10.6. The van der Waals surface area contributed by atoms with Crippen LogP contribution in [0.2, 0.25) is 0 Å². The Labute approximate surface area is 151 Å². The molecule has 1 aliphatic heterocycles. The Balaban J connectivity index is 1.47. The molecule has 6 nitrogen and oxygen atoms in total. The van der Waals surface area contributed by atoms with Crippen LogP contribution in [0.4, 0.5) is 0 Å². The molecule has 3 aromatic rings. The molecule has 1 amide bonds. The quantitative estimate of drug-likeness (QED) is 0.705. The van der Waals surface area contributed by atoms with E-state index in [1.165, 1.54) is 6.26 Å². The highest BCUT2D eigenvalue weighted by Crippen LogP contribution is 2.24. The Kier molecular flexibility index (Phi) is 4.03. The minimum absolute atomic E-state index is 0.131. The maximum Gasteiger partial charge on any atom is 0.253 e. The molecule has 0 radical (unpaired) electrons. The van der Waals surface area contributed by atoms with Crippen molar-refractivity contribution in [1.82, 2.24) is 9.88 Å². The number of furan rings is 1. The van der Waals surface area contributed by atoms with Gasteiger partial charge in [0.05, 0.1) is 17.0 Å². The number of benzene rings is 1. The van der Waals surface area contributed by atoms with Crippen LogP contribution < -0.4 is 0 Å². The zero-order valence-corrected chi connectivity index (χ0v) is 15.1. The molecule has 134 valence electrons. The van der Waals surface area contributed by atoms with Gasteiger partial charge in [-0.15, -0.1) is 0 Å². The Morgan fingerprint density at radius 1 is 1.27 bits per heavy atom. The fraction of sp³-hybridized carbons (Fsp3) is 0.263. The molecule has 26 heavy (non-hydrogen) atoms. The van der Waals surface area contributed by atoms with Gasteiger partial charge >= 0.3 is 0 Å². The molecule has 1 fully saturated rings. The molecular formula is C19H18N2O4S. The van der Waals surface area contributed by atoms with Crippen molar-refractivity contribution in [3.05, 3.63) is 65.7 Å². The maximum atomic E-state index is 12.7. The number of carbonyl (C=O) groups is 1. The third-order valence-electron chi connectivity index (χ3n) is 4.77. The third-order valence-corrected chi connectivity index (χ3v) is 6.77. The normalized spacial score (nSPS) is 15.2. The zero-order chi connectivity index (χ0) is 18.3. The van der Waals surface area contributed by atoms with Gasteiger partial charge in [0, 0.05) is 30.2 Å². The van der Waals surface area contributed by atoms with Crippen molar-refractivity contribution < 1.29 is 17.6 Å². The SMILES string of the molecule is Cc1ccnc2ccc(C(=O)N3CC(S(=O)(=O)Cc4ccco4)C3)cc12. The molecule has 0 spiro atoms. The molecule has 3 heterocycles. The molecule has 0 saturated carbocycles. The minimum atomic E-state index is -3.33. The fourth-order valence-electron chi connectivity index (χ4n) is 3.14. The van der Waals surface area contributed by atoms with Crippen LogP contribution in [0.15, 0.2) is 53.3 Å². The average molecular weight is 370 g/mol. The smallest absolute Gasteiger partial charge is 0.253 e. The monoisotopic (exact) mass is 370 g/mol. The first-order chi connectivity index (χ1) is 12.4. The van der Waals surface area contributed by atoms with Gasteiger partial charge in [-0.3, -0.25) is 9.78 Å². The lowest BCUT2D eigenvalue weighted by molar-refractivity contribution is 0.0659. The Morgan fingerprint density at radius 2 is 2.08 bits per heavy atom. The van der Waals surface area contributed by atoms with Crippen LogP contribution in [-0.2, 0) is 15.6 Å². The molecule has 0 aliphatic carbocycles. The number of rotatable bonds is 4. The molecule has 0 atom stereocenters. The molecular weight excluding hydrogens is 352 g/mol. The van der Waals surface area contributed by atoms with Gasteiger partial charge < -0.3 is 9.32 Å². The summed E-state index contributed by atoms with van der Waals surface area (Å²) in [6.07, 6.45) is 3.20. The van der Waals surface area contributed by atoms with E-state index >= 15 is 0 Å². The largest absolute Gasteiger partial charge is 0.468 e. The van der Waals surface area contributed by atoms with E-state index in [9.17, 15) is 13.2 Å². The van der Waals surface area contributed by atoms with E-state index in [-0.39, 0.29) is 24.7 Å². The fourth-order valence-corrected chi connectivity index (χ4v) is 4.75. The number of nitrogens with zero attached hydrogens (tertiary/aromatic N) is 2. The number of likely N-dealkylation sites (tertiary alicyclic amines) is 1. The second-order valence-corrected chi connectivity index (χ2v) is 8.86. The van der Waals surface area contributed by atoms with Crippen molar-refractivity contribution in [3.63, 3.8) is 0 Å². The first-order valence-corrected chi connectivity index (χ1v) is 10.0. The molecule has 1 saturated heterocycles. The lowest BCUT2D eigenvalue weighted by Crippen LogP contribution is -2.57. The van der Waals surface area contributed by atoms with Gasteiger partial charge in [0.2, 0.25) is 0 Å². The molecule has 7 heteroatoms. The summed E-state index contributed by atoms with van der Waals surface area (Å²) in [6.45, 7) is 2.40. The first kappa shape index (κ1) is 16.8. The predicted molar refractivity (Wildman–Crippen MR) is 97.5 cm³/mol. The summed E-state index contributed by atoms with van der Waals surface area (Å²) >= 11 is 0. The number of hydrogen-bond donors (Lipinski definition) is 0. The van der Waals surface area contributed by atoms with E-state index in [0.29, 0.717) is 11.3 Å². The van der Waals surface area contributed by atoms with Gasteiger partial charge in [0.25, 0.3) is 5.91 Å². The number of hydrogen-bond acceptors (Lipinski definition) is 5. The van der Waals surface area contributed by atoms with Gasteiger partial charge in [0.1, 0.15) is 11.5 Å². The molecule has 4 rings (SSSR count). The van der Waals surface area contributed by atoms with Crippen molar-refractivity contribution in [2.75, 3.05) is 13.1 Å². The average Bonchev–Trinajstić information content (AvgIpc) is 3.05. The first-order valence-electron chi connectivity index (χ1n) is 8.32. The molecule has 2 aromatic heterocycles. The van der Waals surface area contributed by atoms with Crippen LogP contribution in [0.3, 0.4) is 0 Å². The number of pyridine rings is 1. The lowest BCUT2D eigenvalue weighted by Gasteiger charge is -2.38. The summed E-state index contributed by atoms with van der Waals surface area (Å²) in [5.41, 5.74) is 2.44. The van der Waals surface area contributed by atoms with Gasteiger partial charge in [-0.2, -0.15) is 0 Å². The number of aromatic nitrogens is 1. The predicted octanol–water partition coefficient (Wildman–Crippen LogP) is 2.58. The zero-order valence-electron chi connectivity index (χ0n) is 14.3. The second kappa shape index (κ2) is 6.25. The third kappa shape index (κ3) is 2.99. The van der Waals surface area contributed by atoms with Crippen LogP contribution in [0.1, 0.15) is 21.7 Å². The van der Waals surface area contributed by atoms with Gasteiger partial charge in [-0.1, -0.05) is 0 Å². The summed E-state index contributed by atoms with van der Waals surface area (Å²) in [5.74, 6) is 0.139. The number of fused-ring (bicyclic) bond motifs is 1. The minimum Gasteiger partial charge on any atom is -0.468 e. The van der Waals surface area contributed by atoms with Crippen LogP contribution in [-0.4, -0.2) is 42.5 Å². The number of aryl methyl sites for hydroxylation is 1. The van der Waals surface area contributed by atoms with E-state index < -0.39 is 15.1 Å². The molecule has 1 aliphatic rings. The van der Waals surface area contributed by atoms with Crippen molar-refractivity contribution in [1.29, 1.82) is 0 Å². The van der Waals surface area contributed by atoms with Crippen molar-refractivity contribution in [2.45, 2.75) is 17.9 Å². The highest BCUT2D eigenvalue weighted by Gasteiger charge is 2.40. The van der Waals surface area contributed by atoms with Crippen LogP contribution in [0, 0.1) is 6.92 Å². The van der Waals surface area contributed by atoms with Crippen LogP contribution in [0.5, 0.6) is 0 Å². The van der Waals surface area contributed by atoms with E-state index in [0.717, 1.165) is 16.5 Å². The van der Waals surface area contributed by atoms with Gasteiger partial charge in [0.15, 0.2) is 9.84 Å². The van der Waals surface area contributed by atoms with Crippen LogP contribution >= 0.6 is 0 Å². The highest BCUT2D eigenvalue weighted by atomic mass is 32.2. The Morgan fingerprint density at radius 3 is 2.81 bits per heavy atom. The summed E-state index contributed by atoms with van der Waals surface area (Å²) in [7, 11) is -3.33. The summed E-state index contributed by atoms with van der Waals surface area (Å²) < 4.78 is 29.9. The number of carbonyl (C=O) groups excluding carboxylic acids is 1. The standard InChI is InChI=1S/C19H18N2O4S/c1-13-6-7-20-18-5-4-14(9-17(13)18)19(22)21-10-16(11-21)26(23,24)12-15-3-2-8-25-15/h2-9,16H,10-12H2,1H3. The maximum absolute atomic E-state index is 12.7. The van der Waals surface area contributed by atoms with Crippen molar-refractivity contribution in [2.24, 2.45) is 0 Å². The number of amides is 1. The van der Waals surface area contributed by atoms with E-state index in [4.69, 9.17) is 4.42 Å².